The van der Waals surface area contributed by atoms with Crippen LogP contribution in [0.15, 0.2) is 121 Å². The molecular weight excluding hydrogens is 409 g/mol. The van der Waals surface area contributed by atoms with Crippen LogP contribution >= 0.6 is 7.92 Å². The van der Waals surface area contributed by atoms with E-state index in [0.717, 1.165) is 29.7 Å². The third-order valence-corrected chi connectivity index (χ3v) is 7.81. The van der Waals surface area contributed by atoms with Crippen LogP contribution in [0.25, 0.3) is 11.3 Å². The lowest BCUT2D eigenvalue weighted by Crippen LogP contribution is -2.23. The lowest BCUT2D eigenvalue weighted by Gasteiger charge is -2.18. The largest absolute Gasteiger partial charge is 0.244 e. The number of aryl methyl sites for hydroxylation is 2. The molecule has 0 amide bonds. The van der Waals surface area contributed by atoms with Crippen molar-refractivity contribution in [2.75, 3.05) is 0 Å². The summed E-state index contributed by atoms with van der Waals surface area (Å²) in [6, 6.07) is 42.5. The number of hydrogen-bond donors (Lipinski definition) is 0. The van der Waals surface area contributed by atoms with Gasteiger partial charge in [-0.1, -0.05) is 127 Å². The standard InChI is InChI=1S/C28H24N3P/c1-5-13-23(14-6-1)21-22-31-27(24-15-7-2-8-16-24)28(29-30-31)32(25-17-9-3-10-18-25)26-19-11-4-12-20-26/h1-20H,21-22H2. The van der Waals surface area contributed by atoms with Gasteiger partial charge >= 0.3 is 0 Å². The van der Waals surface area contributed by atoms with Crippen molar-refractivity contribution in [2.24, 2.45) is 0 Å². The summed E-state index contributed by atoms with van der Waals surface area (Å²) in [5.41, 5.74) is 4.62. The second-order valence-electron chi connectivity index (χ2n) is 7.59. The highest BCUT2D eigenvalue weighted by atomic mass is 31.1. The Bertz CT molecular complexity index is 1210. The van der Waals surface area contributed by atoms with Crippen molar-refractivity contribution in [3.8, 4) is 11.3 Å². The topological polar surface area (TPSA) is 30.7 Å². The summed E-state index contributed by atoms with van der Waals surface area (Å²) in [4.78, 5) is 0. The fourth-order valence-corrected chi connectivity index (χ4v) is 6.23. The van der Waals surface area contributed by atoms with Crippen LogP contribution < -0.4 is 16.0 Å². The van der Waals surface area contributed by atoms with E-state index in [1.807, 2.05) is 0 Å². The number of benzene rings is 4. The minimum Gasteiger partial charge on any atom is -0.244 e. The van der Waals surface area contributed by atoms with Crippen molar-refractivity contribution in [2.45, 2.75) is 13.0 Å². The van der Waals surface area contributed by atoms with Crippen molar-refractivity contribution in [1.82, 2.24) is 15.0 Å². The highest BCUT2D eigenvalue weighted by Crippen LogP contribution is 2.36. The molecule has 0 radical (unpaired) electrons. The fraction of sp³-hybridized carbons (Fsp3) is 0.0714. The predicted octanol–water partition coefficient (Wildman–Crippen LogP) is 4.95. The average molecular weight is 433 g/mol. The van der Waals surface area contributed by atoms with Crippen LogP contribution in [-0.4, -0.2) is 15.0 Å². The molecule has 1 heterocycles. The molecule has 1 aromatic heterocycles. The molecule has 0 aliphatic carbocycles. The summed E-state index contributed by atoms with van der Waals surface area (Å²) in [5.74, 6) is 0. The van der Waals surface area contributed by atoms with Crippen molar-refractivity contribution in [3.63, 3.8) is 0 Å². The molecule has 0 atom stereocenters. The average Bonchev–Trinajstić information content (AvgIpc) is 3.29. The van der Waals surface area contributed by atoms with Crippen LogP contribution in [0.3, 0.4) is 0 Å². The Morgan fingerprint density at radius 1 is 0.594 bits per heavy atom. The zero-order valence-electron chi connectivity index (χ0n) is 17.8. The molecule has 0 saturated heterocycles. The third-order valence-electron chi connectivity index (χ3n) is 5.46. The van der Waals surface area contributed by atoms with E-state index >= 15 is 0 Å². The van der Waals surface area contributed by atoms with Crippen LogP contribution in [0.4, 0.5) is 0 Å². The summed E-state index contributed by atoms with van der Waals surface area (Å²) in [6.07, 6.45) is 0.915. The molecule has 156 valence electrons. The van der Waals surface area contributed by atoms with E-state index in [0.29, 0.717) is 0 Å². The van der Waals surface area contributed by atoms with Gasteiger partial charge in [-0.25, -0.2) is 4.68 Å². The van der Waals surface area contributed by atoms with E-state index in [2.05, 4.69) is 131 Å². The van der Waals surface area contributed by atoms with E-state index in [9.17, 15) is 0 Å². The third kappa shape index (κ3) is 4.39. The number of nitrogens with zero attached hydrogens (tertiary/aromatic N) is 3. The minimum absolute atomic E-state index is 0.786. The van der Waals surface area contributed by atoms with E-state index in [4.69, 9.17) is 5.10 Å². The monoisotopic (exact) mass is 433 g/mol. The first kappa shape index (κ1) is 20.4. The van der Waals surface area contributed by atoms with Gasteiger partial charge in [-0.05, 0) is 22.6 Å². The Balaban J connectivity index is 1.63. The first-order chi connectivity index (χ1) is 15.9. The van der Waals surface area contributed by atoms with E-state index in [1.54, 1.807) is 0 Å². The smallest absolute Gasteiger partial charge is 0.122 e. The maximum Gasteiger partial charge on any atom is 0.122 e. The van der Waals surface area contributed by atoms with Crippen molar-refractivity contribution in [1.29, 1.82) is 0 Å². The van der Waals surface area contributed by atoms with Gasteiger partial charge in [-0.15, -0.1) is 5.10 Å². The van der Waals surface area contributed by atoms with Gasteiger partial charge in [-0.2, -0.15) is 0 Å². The normalized spacial score (nSPS) is 11.0. The molecule has 0 N–H and O–H groups in total. The van der Waals surface area contributed by atoms with E-state index < -0.39 is 7.92 Å². The summed E-state index contributed by atoms with van der Waals surface area (Å²) in [6.45, 7) is 0.786. The van der Waals surface area contributed by atoms with Gasteiger partial charge in [0, 0.05) is 20.0 Å². The molecule has 0 saturated carbocycles. The van der Waals surface area contributed by atoms with Crippen molar-refractivity contribution < 1.29 is 0 Å². The van der Waals surface area contributed by atoms with Crippen LogP contribution in [-0.2, 0) is 13.0 Å². The number of hydrogen-bond acceptors (Lipinski definition) is 2. The Kier molecular flexibility index (Phi) is 6.18. The zero-order valence-corrected chi connectivity index (χ0v) is 18.6. The van der Waals surface area contributed by atoms with Crippen molar-refractivity contribution in [3.05, 3.63) is 127 Å². The Morgan fingerprint density at radius 2 is 1.09 bits per heavy atom. The first-order valence-electron chi connectivity index (χ1n) is 10.8. The van der Waals surface area contributed by atoms with Crippen LogP contribution in [0, 0.1) is 0 Å². The number of rotatable bonds is 7. The zero-order chi connectivity index (χ0) is 21.6. The van der Waals surface area contributed by atoms with Crippen molar-refractivity contribution >= 4 is 24.0 Å². The van der Waals surface area contributed by atoms with Gasteiger partial charge in [0.25, 0.3) is 0 Å². The van der Waals surface area contributed by atoms with Gasteiger partial charge in [0.15, 0.2) is 0 Å². The van der Waals surface area contributed by atoms with E-state index in [1.165, 1.54) is 16.2 Å². The molecule has 32 heavy (non-hydrogen) atoms. The first-order valence-corrected chi connectivity index (χ1v) is 12.2. The van der Waals surface area contributed by atoms with E-state index in [-0.39, 0.29) is 0 Å². The second kappa shape index (κ2) is 9.72. The molecule has 0 bridgehead atoms. The van der Waals surface area contributed by atoms with Gasteiger partial charge in [0.2, 0.25) is 0 Å². The van der Waals surface area contributed by atoms with Crippen LogP contribution in [0.2, 0.25) is 0 Å². The summed E-state index contributed by atoms with van der Waals surface area (Å²) in [5, 5.41) is 12.0. The summed E-state index contributed by atoms with van der Waals surface area (Å²) < 4.78 is 2.08. The molecule has 0 unspecified atom stereocenters. The quantitative estimate of drug-likeness (QED) is 0.340. The Labute approximate surface area is 190 Å². The molecule has 0 aliphatic rings. The number of aromatic nitrogens is 3. The van der Waals surface area contributed by atoms with Gasteiger partial charge in [0.05, 0.1) is 5.69 Å². The summed E-state index contributed by atoms with van der Waals surface area (Å²) >= 11 is 0. The highest BCUT2D eigenvalue weighted by Gasteiger charge is 2.25. The lowest BCUT2D eigenvalue weighted by atomic mass is 10.1. The van der Waals surface area contributed by atoms with Gasteiger partial charge in [0.1, 0.15) is 5.44 Å². The minimum atomic E-state index is -0.829. The Hall–Kier alpha value is -3.55. The lowest BCUT2D eigenvalue weighted by molar-refractivity contribution is 0.595. The molecular formula is C28H24N3P. The fourth-order valence-electron chi connectivity index (χ4n) is 3.91. The molecule has 0 spiro atoms. The van der Waals surface area contributed by atoms with Crippen LogP contribution in [0.5, 0.6) is 0 Å². The van der Waals surface area contributed by atoms with Gasteiger partial charge in [-0.3, -0.25) is 0 Å². The molecule has 0 fully saturated rings. The highest BCUT2D eigenvalue weighted by molar-refractivity contribution is 7.79. The second-order valence-corrected chi connectivity index (χ2v) is 9.72. The molecule has 5 rings (SSSR count). The summed E-state index contributed by atoms with van der Waals surface area (Å²) in [7, 11) is -0.829. The molecule has 0 aliphatic heterocycles. The SMILES string of the molecule is c1ccc(CCn2nnc(P(c3ccccc3)c3ccccc3)c2-c2ccccc2)cc1. The molecule has 4 heteroatoms. The maximum atomic E-state index is 4.80. The van der Waals surface area contributed by atoms with Crippen LogP contribution in [0.1, 0.15) is 5.56 Å². The van der Waals surface area contributed by atoms with Gasteiger partial charge < -0.3 is 0 Å². The molecule has 3 nitrogen and oxygen atoms in total. The maximum absolute atomic E-state index is 4.80. The Morgan fingerprint density at radius 3 is 1.66 bits per heavy atom. The molecule has 5 aromatic rings. The predicted molar refractivity (Wildman–Crippen MR) is 134 cm³/mol. The molecule has 4 aromatic carbocycles.